The van der Waals surface area contributed by atoms with Crippen molar-refractivity contribution in [3.8, 4) is 11.6 Å². The molecule has 1 aliphatic rings. The summed E-state index contributed by atoms with van der Waals surface area (Å²) >= 11 is 5.98. The number of amides is 1. The molecule has 11 heteroatoms. The predicted octanol–water partition coefficient (Wildman–Crippen LogP) is 4.96. The fourth-order valence-corrected chi connectivity index (χ4v) is 3.70. The zero-order valence-electron chi connectivity index (χ0n) is 19.3. The molecule has 0 aliphatic carbocycles. The number of carbonyl (C=O) groups excluding carboxylic acids is 1. The Labute approximate surface area is 201 Å². The normalized spacial score (nSPS) is 15.9. The maximum Gasteiger partial charge on any atom is 0.410 e. The highest BCUT2D eigenvalue weighted by atomic mass is 35.5. The van der Waals surface area contributed by atoms with Gasteiger partial charge < -0.3 is 24.4 Å². The molecule has 34 heavy (non-hydrogen) atoms. The molecule has 1 amide bonds. The minimum Gasteiger partial charge on any atom is -0.495 e. The van der Waals surface area contributed by atoms with Gasteiger partial charge >= 0.3 is 6.09 Å². The van der Waals surface area contributed by atoms with E-state index in [1.165, 1.54) is 19.5 Å². The van der Waals surface area contributed by atoms with E-state index in [9.17, 15) is 9.18 Å². The number of nitrogens with zero attached hydrogens (tertiary/aromatic N) is 4. The third kappa shape index (κ3) is 5.39. The van der Waals surface area contributed by atoms with Gasteiger partial charge in [0.15, 0.2) is 5.82 Å². The van der Waals surface area contributed by atoms with Crippen LogP contribution >= 0.6 is 11.6 Å². The summed E-state index contributed by atoms with van der Waals surface area (Å²) in [6, 6.07) is 6.03. The minimum atomic E-state index is -0.571. The van der Waals surface area contributed by atoms with Gasteiger partial charge in [0.2, 0.25) is 5.88 Å². The predicted molar refractivity (Wildman–Crippen MR) is 125 cm³/mol. The number of nitrogens with one attached hydrogen (secondary N) is 1. The summed E-state index contributed by atoms with van der Waals surface area (Å²) < 4.78 is 31.1. The van der Waals surface area contributed by atoms with Crippen LogP contribution in [0.1, 0.15) is 27.2 Å². The number of pyridine rings is 1. The van der Waals surface area contributed by atoms with Crippen molar-refractivity contribution in [2.75, 3.05) is 25.5 Å². The summed E-state index contributed by atoms with van der Waals surface area (Å²) in [4.78, 5) is 26.9. The van der Waals surface area contributed by atoms with Crippen molar-refractivity contribution in [2.24, 2.45) is 0 Å². The van der Waals surface area contributed by atoms with Crippen LogP contribution in [0.2, 0.25) is 5.02 Å². The van der Waals surface area contributed by atoms with Crippen molar-refractivity contribution in [3.63, 3.8) is 0 Å². The number of rotatable bonds is 5. The van der Waals surface area contributed by atoms with E-state index in [1.54, 1.807) is 17.0 Å². The summed E-state index contributed by atoms with van der Waals surface area (Å²) in [7, 11) is 1.45. The van der Waals surface area contributed by atoms with E-state index in [2.05, 4.69) is 20.3 Å². The molecule has 3 heterocycles. The Morgan fingerprint density at radius 3 is 2.79 bits per heavy atom. The van der Waals surface area contributed by atoms with E-state index in [-0.39, 0.29) is 22.9 Å². The number of halogens is 2. The third-order valence-electron chi connectivity index (χ3n) is 5.04. The van der Waals surface area contributed by atoms with Gasteiger partial charge in [-0.3, -0.25) is 0 Å². The van der Waals surface area contributed by atoms with Gasteiger partial charge in [0.25, 0.3) is 0 Å². The van der Waals surface area contributed by atoms with Crippen molar-refractivity contribution in [1.29, 1.82) is 0 Å². The second-order valence-electron chi connectivity index (χ2n) is 8.79. The zero-order chi connectivity index (χ0) is 24.5. The van der Waals surface area contributed by atoms with Crippen molar-refractivity contribution in [3.05, 3.63) is 41.4 Å². The largest absolute Gasteiger partial charge is 0.495 e. The van der Waals surface area contributed by atoms with Gasteiger partial charge in [-0.25, -0.2) is 24.1 Å². The van der Waals surface area contributed by atoms with Gasteiger partial charge in [-0.1, -0.05) is 11.6 Å². The Morgan fingerprint density at radius 2 is 2.06 bits per heavy atom. The van der Waals surface area contributed by atoms with Gasteiger partial charge in [0.1, 0.15) is 35.1 Å². The number of fused-ring (bicyclic) bond motifs is 1. The lowest BCUT2D eigenvalue weighted by Crippen LogP contribution is -2.36. The smallest absolute Gasteiger partial charge is 0.410 e. The Hall–Kier alpha value is -3.40. The fourth-order valence-electron chi connectivity index (χ4n) is 3.48. The van der Waals surface area contributed by atoms with Gasteiger partial charge in [-0.15, -0.1) is 0 Å². The maximum atomic E-state index is 14.5. The molecule has 2 aromatic heterocycles. The Morgan fingerprint density at radius 1 is 1.26 bits per heavy atom. The average Bonchev–Trinajstić information content (AvgIpc) is 3.23. The number of hydrogen-bond acceptors (Lipinski definition) is 8. The zero-order valence-corrected chi connectivity index (χ0v) is 20.0. The van der Waals surface area contributed by atoms with Crippen LogP contribution in [0.15, 0.2) is 30.6 Å². The lowest BCUT2D eigenvalue weighted by Gasteiger charge is -2.24. The first kappa shape index (κ1) is 23.7. The summed E-state index contributed by atoms with van der Waals surface area (Å²) in [5, 5.41) is 3.09. The number of anilines is 2. The Bertz CT molecular complexity index is 1220. The molecule has 0 saturated carbocycles. The third-order valence-corrected chi connectivity index (χ3v) is 5.33. The highest BCUT2D eigenvalue weighted by Gasteiger charge is 2.31. The molecule has 9 nitrogen and oxygen atoms in total. The standard InChI is InChI=1S/C23H25ClFN5O4/c1-23(2,3)34-22(31)30-8-7-13(11-30)33-19-6-5-16-20(29-19)21(27-12-26-16)28-17-10-18(32-4)14(24)9-15(17)25/h5-6,9-10,12-13H,7-8,11H2,1-4H3,(H,26,27,28)/t13-/m0/s1. The average molecular weight is 490 g/mol. The molecule has 1 saturated heterocycles. The monoisotopic (exact) mass is 489 g/mol. The van der Waals surface area contributed by atoms with Crippen LogP contribution < -0.4 is 14.8 Å². The van der Waals surface area contributed by atoms with E-state index in [0.717, 1.165) is 6.07 Å². The topological polar surface area (TPSA) is 98.7 Å². The molecule has 4 rings (SSSR count). The van der Waals surface area contributed by atoms with Gasteiger partial charge in [0, 0.05) is 25.1 Å². The van der Waals surface area contributed by atoms with Crippen molar-refractivity contribution in [1.82, 2.24) is 19.9 Å². The summed E-state index contributed by atoms with van der Waals surface area (Å²) in [5.74, 6) is 0.380. The molecule has 0 unspecified atom stereocenters. The highest BCUT2D eigenvalue weighted by Crippen LogP contribution is 2.33. The van der Waals surface area contributed by atoms with Crippen molar-refractivity contribution < 1.29 is 23.4 Å². The van der Waals surface area contributed by atoms with Crippen LogP contribution in [0.3, 0.4) is 0 Å². The SMILES string of the molecule is COc1cc(Nc2ncnc3ccc(O[C@H]4CCN(C(=O)OC(C)(C)C)C4)nc23)c(F)cc1Cl. The number of methoxy groups -OCH3 is 1. The number of benzene rings is 1. The van der Waals surface area contributed by atoms with Crippen LogP contribution in [0.5, 0.6) is 11.6 Å². The molecule has 180 valence electrons. The van der Waals surface area contributed by atoms with Crippen molar-refractivity contribution in [2.45, 2.75) is 38.9 Å². The Balaban J connectivity index is 1.52. The first-order valence-corrected chi connectivity index (χ1v) is 11.1. The number of ether oxygens (including phenoxy) is 3. The number of carbonyl (C=O) groups is 1. The molecule has 1 aromatic carbocycles. The molecule has 1 fully saturated rings. The fraction of sp³-hybridized carbons (Fsp3) is 0.391. The maximum absolute atomic E-state index is 14.5. The van der Waals surface area contributed by atoms with Crippen LogP contribution in [0.4, 0.5) is 20.7 Å². The van der Waals surface area contributed by atoms with E-state index in [1.807, 2.05) is 20.8 Å². The van der Waals surface area contributed by atoms with Crippen LogP contribution in [-0.2, 0) is 4.74 Å². The van der Waals surface area contributed by atoms with Gasteiger partial charge in [-0.2, -0.15) is 0 Å². The van der Waals surface area contributed by atoms with Crippen LogP contribution in [0, 0.1) is 5.82 Å². The number of hydrogen-bond donors (Lipinski definition) is 1. The minimum absolute atomic E-state index is 0.123. The van der Waals surface area contributed by atoms with E-state index in [0.29, 0.717) is 48.0 Å². The first-order chi connectivity index (χ1) is 16.1. The molecule has 0 bridgehead atoms. The lowest BCUT2D eigenvalue weighted by atomic mass is 10.2. The molecular formula is C23H25ClFN5O4. The molecule has 1 N–H and O–H groups in total. The van der Waals surface area contributed by atoms with Gasteiger partial charge in [0.05, 0.1) is 29.9 Å². The summed E-state index contributed by atoms with van der Waals surface area (Å²) in [5.41, 5.74) is 0.508. The molecule has 0 radical (unpaired) electrons. The second-order valence-corrected chi connectivity index (χ2v) is 9.19. The lowest BCUT2D eigenvalue weighted by molar-refractivity contribution is 0.0275. The number of aromatic nitrogens is 3. The summed E-state index contributed by atoms with van der Waals surface area (Å²) in [6.45, 7) is 6.40. The highest BCUT2D eigenvalue weighted by molar-refractivity contribution is 6.32. The molecule has 1 aliphatic heterocycles. The van der Waals surface area contributed by atoms with E-state index in [4.69, 9.17) is 25.8 Å². The quantitative estimate of drug-likeness (QED) is 0.537. The van der Waals surface area contributed by atoms with Crippen molar-refractivity contribution >= 4 is 40.2 Å². The van der Waals surface area contributed by atoms with Gasteiger partial charge in [-0.05, 0) is 32.9 Å². The number of likely N-dealkylation sites (tertiary alicyclic amines) is 1. The molecule has 3 aromatic rings. The molecule has 1 atom stereocenters. The summed E-state index contributed by atoms with van der Waals surface area (Å²) in [6.07, 6.45) is 1.39. The van der Waals surface area contributed by atoms with Crippen LogP contribution in [-0.4, -0.2) is 57.8 Å². The van der Waals surface area contributed by atoms with E-state index >= 15 is 0 Å². The molecule has 0 spiro atoms. The Kier molecular flexibility index (Phi) is 6.60. The van der Waals surface area contributed by atoms with Crippen LogP contribution in [0.25, 0.3) is 11.0 Å². The first-order valence-electron chi connectivity index (χ1n) is 10.7. The second kappa shape index (κ2) is 9.46. The van der Waals surface area contributed by atoms with E-state index < -0.39 is 11.4 Å². The molecular weight excluding hydrogens is 465 g/mol.